The Balaban J connectivity index is 0.00000192. The van der Waals surface area contributed by atoms with Crippen LogP contribution in [-0.4, -0.2) is 29.2 Å². The molecule has 0 spiro atoms. The highest BCUT2D eigenvalue weighted by molar-refractivity contribution is 14.0. The molecule has 23 heavy (non-hydrogen) atoms. The van der Waals surface area contributed by atoms with E-state index in [0.717, 1.165) is 17.8 Å². The van der Waals surface area contributed by atoms with Crippen molar-refractivity contribution in [2.75, 3.05) is 7.05 Å². The molecular formula is C16H28IN5O. The zero-order valence-corrected chi connectivity index (χ0v) is 16.4. The molecule has 0 radical (unpaired) electrons. The van der Waals surface area contributed by atoms with Gasteiger partial charge in [-0.15, -0.1) is 24.0 Å². The quantitative estimate of drug-likeness (QED) is 0.436. The van der Waals surface area contributed by atoms with Crippen molar-refractivity contribution in [2.45, 2.75) is 64.5 Å². The smallest absolute Gasteiger partial charge is 0.223 e. The molecule has 130 valence electrons. The first kappa shape index (κ1) is 18.5. The molecule has 2 aliphatic rings. The Morgan fingerprint density at radius 2 is 2.00 bits per heavy atom. The van der Waals surface area contributed by atoms with Crippen LogP contribution in [0.4, 0.5) is 0 Å². The standard InChI is InChI=1S/C16H27N5O.HI/c1-11-19-15(21-22-11)10-18-16(17-2)20-14-8-7-12-5-3-4-6-13(12)9-14;/h12-14H,3-10H2,1-2H3,(H2,17,18,20);1H. The number of aliphatic imine (C=N–C) groups is 1. The van der Waals surface area contributed by atoms with Crippen molar-refractivity contribution >= 4 is 29.9 Å². The maximum absolute atomic E-state index is 4.98. The lowest BCUT2D eigenvalue weighted by molar-refractivity contribution is 0.150. The topological polar surface area (TPSA) is 75.3 Å². The molecule has 1 heterocycles. The van der Waals surface area contributed by atoms with E-state index >= 15 is 0 Å². The van der Waals surface area contributed by atoms with Crippen molar-refractivity contribution in [2.24, 2.45) is 16.8 Å². The van der Waals surface area contributed by atoms with Crippen molar-refractivity contribution < 1.29 is 4.52 Å². The molecule has 1 aromatic rings. The van der Waals surface area contributed by atoms with E-state index in [9.17, 15) is 0 Å². The minimum Gasteiger partial charge on any atom is -0.354 e. The van der Waals surface area contributed by atoms with Gasteiger partial charge in [-0.05, 0) is 31.1 Å². The van der Waals surface area contributed by atoms with E-state index in [1.165, 1.54) is 44.9 Å². The number of fused-ring (bicyclic) bond motifs is 1. The van der Waals surface area contributed by atoms with Gasteiger partial charge in [-0.2, -0.15) is 4.98 Å². The van der Waals surface area contributed by atoms with E-state index in [1.54, 1.807) is 6.92 Å². The van der Waals surface area contributed by atoms with Gasteiger partial charge in [0.25, 0.3) is 0 Å². The van der Waals surface area contributed by atoms with E-state index in [-0.39, 0.29) is 24.0 Å². The maximum atomic E-state index is 4.98. The highest BCUT2D eigenvalue weighted by atomic mass is 127. The predicted molar refractivity (Wildman–Crippen MR) is 101 cm³/mol. The van der Waals surface area contributed by atoms with Gasteiger partial charge in [0.05, 0.1) is 6.54 Å². The van der Waals surface area contributed by atoms with Gasteiger partial charge in [0.2, 0.25) is 5.89 Å². The Bertz CT molecular complexity index is 518. The van der Waals surface area contributed by atoms with Crippen molar-refractivity contribution in [1.29, 1.82) is 0 Å². The van der Waals surface area contributed by atoms with Crippen LogP contribution in [-0.2, 0) is 6.54 Å². The Morgan fingerprint density at radius 3 is 2.70 bits per heavy atom. The third-order valence-electron chi connectivity index (χ3n) is 5.09. The van der Waals surface area contributed by atoms with Crippen molar-refractivity contribution in [1.82, 2.24) is 20.8 Å². The summed E-state index contributed by atoms with van der Waals surface area (Å²) in [5.41, 5.74) is 0. The molecule has 0 aliphatic heterocycles. The number of guanidine groups is 1. The Hall–Kier alpha value is -0.860. The fraction of sp³-hybridized carbons (Fsp3) is 0.812. The summed E-state index contributed by atoms with van der Waals surface area (Å²) in [6.07, 6.45) is 9.61. The van der Waals surface area contributed by atoms with Crippen molar-refractivity contribution in [3.05, 3.63) is 11.7 Å². The summed E-state index contributed by atoms with van der Waals surface area (Å²) in [4.78, 5) is 8.51. The number of rotatable bonds is 3. The molecule has 3 rings (SSSR count). The molecule has 3 atom stereocenters. The molecule has 7 heteroatoms. The number of hydrogen-bond donors (Lipinski definition) is 2. The average Bonchev–Trinajstić information content (AvgIpc) is 2.96. The normalized spacial score (nSPS) is 27.7. The number of aryl methyl sites for hydroxylation is 1. The van der Waals surface area contributed by atoms with Gasteiger partial charge in [-0.1, -0.05) is 30.8 Å². The number of hydrogen-bond acceptors (Lipinski definition) is 4. The largest absolute Gasteiger partial charge is 0.354 e. The van der Waals surface area contributed by atoms with Crippen LogP contribution in [0.5, 0.6) is 0 Å². The van der Waals surface area contributed by atoms with E-state index in [2.05, 4.69) is 25.8 Å². The fourth-order valence-electron chi connectivity index (χ4n) is 3.97. The van der Waals surface area contributed by atoms with Gasteiger partial charge in [-0.25, -0.2) is 0 Å². The molecule has 2 fully saturated rings. The van der Waals surface area contributed by atoms with Crippen molar-refractivity contribution in [3.8, 4) is 0 Å². The monoisotopic (exact) mass is 433 g/mol. The zero-order chi connectivity index (χ0) is 15.4. The third-order valence-corrected chi connectivity index (χ3v) is 5.09. The van der Waals surface area contributed by atoms with Crippen LogP contribution < -0.4 is 10.6 Å². The highest BCUT2D eigenvalue weighted by Crippen LogP contribution is 2.40. The minimum absolute atomic E-state index is 0. The molecule has 0 bridgehead atoms. The van der Waals surface area contributed by atoms with E-state index < -0.39 is 0 Å². The molecule has 0 saturated heterocycles. The van der Waals surface area contributed by atoms with Crippen LogP contribution in [0.2, 0.25) is 0 Å². The number of halogens is 1. The molecule has 3 unspecified atom stereocenters. The van der Waals surface area contributed by atoms with E-state index in [1.807, 2.05) is 7.05 Å². The SMILES string of the molecule is CN=C(NCc1noc(C)n1)NC1CCC2CCCCC2C1.I. The van der Waals surface area contributed by atoms with Gasteiger partial charge >= 0.3 is 0 Å². The molecule has 2 saturated carbocycles. The summed E-state index contributed by atoms with van der Waals surface area (Å²) < 4.78 is 4.98. The molecule has 0 aromatic carbocycles. The Labute approximate surface area is 155 Å². The second-order valence-corrected chi connectivity index (χ2v) is 6.61. The summed E-state index contributed by atoms with van der Waals surface area (Å²) in [6.45, 7) is 2.34. The second kappa shape index (κ2) is 8.84. The number of aromatic nitrogens is 2. The summed E-state index contributed by atoms with van der Waals surface area (Å²) in [5.74, 6) is 3.98. The van der Waals surface area contributed by atoms with Gasteiger partial charge in [0.1, 0.15) is 0 Å². The lowest BCUT2D eigenvalue weighted by Gasteiger charge is -2.39. The predicted octanol–water partition coefficient (Wildman–Crippen LogP) is 3.02. The van der Waals surface area contributed by atoms with Gasteiger partial charge in [0.15, 0.2) is 11.8 Å². The summed E-state index contributed by atoms with van der Waals surface area (Å²) in [5, 5.41) is 10.7. The van der Waals surface area contributed by atoms with Crippen LogP contribution >= 0.6 is 24.0 Å². The summed E-state index contributed by atoms with van der Waals surface area (Å²) >= 11 is 0. The Morgan fingerprint density at radius 1 is 1.22 bits per heavy atom. The fourth-order valence-corrected chi connectivity index (χ4v) is 3.97. The third kappa shape index (κ3) is 5.06. The lowest BCUT2D eigenvalue weighted by Crippen LogP contribution is -2.46. The Kier molecular flexibility index (Phi) is 7.10. The van der Waals surface area contributed by atoms with Crippen molar-refractivity contribution in [3.63, 3.8) is 0 Å². The summed E-state index contributed by atoms with van der Waals surface area (Å²) in [6, 6.07) is 0.539. The first-order valence-electron chi connectivity index (χ1n) is 8.51. The van der Waals surface area contributed by atoms with E-state index in [0.29, 0.717) is 24.3 Å². The van der Waals surface area contributed by atoms with Crippen LogP contribution in [0.1, 0.15) is 56.7 Å². The van der Waals surface area contributed by atoms with Crippen LogP contribution in [0.15, 0.2) is 9.52 Å². The maximum Gasteiger partial charge on any atom is 0.223 e. The average molecular weight is 433 g/mol. The highest BCUT2D eigenvalue weighted by Gasteiger charge is 2.32. The number of nitrogens with zero attached hydrogens (tertiary/aromatic N) is 3. The first-order chi connectivity index (χ1) is 10.7. The molecule has 0 amide bonds. The van der Waals surface area contributed by atoms with Gasteiger partial charge in [-0.3, -0.25) is 4.99 Å². The van der Waals surface area contributed by atoms with Crippen LogP contribution in [0.25, 0.3) is 0 Å². The molecule has 2 aliphatic carbocycles. The molecular weight excluding hydrogens is 405 g/mol. The van der Waals surface area contributed by atoms with Crippen LogP contribution in [0, 0.1) is 18.8 Å². The van der Waals surface area contributed by atoms with Gasteiger partial charge in [0, 0.05) is 20.0 Å². The number of nitrogens with one attached hydrogen (secondary N) is 2. The lowest BCUT2D eigenvalue weighted by atomic mass is 9.69. The molecule has 2 N–H and O–H groups in total. The summed E-state index contributed by atoms with van der Waals surface area (Å²) in [7, 11) is 1.81. The minimum atomic E-state index is 0. The van der Waals surface area contributed by atoms with E-state index in [4.69, 9.17) is 4.52 Å². The second-order valence-electron chi connectivity index (χ2n) is 6.61. The van der Waals surface area contributed by atoms with Crippen LogP contribution in [0.3, 0.4) is 0 Å². The van der Waals surface area contributed by atoms with Gasteiger partial charge < -0.3 is 15.2 Å². The first-order valence-corrected chi connectivity index (χ1v) is 8.51. The molecule has 1 aromatic heterocycles. The molecule has 6 nitrogen and oxygen atoms in total. The zero-order valence-electron chi connectivity index (χ0n) is 14.0.